The van der Waals surface area contributed by atoms with Crippen molar-refractivity contribution in [1.29, 1.82) is 0 Å². The van der Waals surface area contributed by atoms with Gasteiger partial charge in [0.05, 0.1) is 11.0 Å². The van der Waals surface area contributed by atoms with E-state index in [2.05, 4.69) is 33.7 Å². The minimum atomic E-state index is 0.403. The van der Waals surface area contributed by atoms with Crippen molar-refractivity contribution >= 4 is 22.6 Å². The minimum Gasteiger partial charge on any atom is -0.331 e. The molecule has 5 heteroatoms. The second-order valence-corrected chi connectivity index (χ2v) is 6.02. The summed E-state index contributed by atoms with van der Waals surface area (Å²) in [5, 5.41) is 0.521. The van der Waals surface area contributed by atoms with Crippen molar-refractivity contribution in [2.75, 3.05) is 0 Å². The molecule has 0 spiro atoms. The van der Waals surface area contributed by atoms with Crippen molar-refractivity contribution in [3.63, 3.8) is 0 Å². The van der Waals surface area contributed by atoms with Gasteiger partial charge < -0.3 is 4.57 Å². The highest BCUT2D eigenvalue weighted by Gasteiger charge is 2.43. The summed E-state index contributed by atoms with van der Waals surface area (Å²) in [4.78, 5) is 13.4. The molecule has 106 valence electrons. The topological polar surface area (TPSA) is 43.6 Å². The molecule has 0 N–H and O–H groups in total. The molecule has 1 aromatic carbocycles. The Morgan fingerprint density at radius 3 is 2.71 bits per heavy atom. The lowest BCUT2D eigenvalue weighted by Gasteiger charge is -2.03. The fourth-order valence-corrected chi connectivity index (χ4v) is 3.28. The Balaban J connectivity index is 1.71. The maximum atomic E-state index is 6.04. The number of hydrogen-bond donors (Lipinski definition) is 0. The molecule has 0 unspecified atom stereocenters. The molecule has 4 nitrogen and oxygen atoms in total. The van der Waals surface area contributed by atoms with E-state index in [0.717, 1.165) is 29.3 Å². The molecule has 2 heterocycles. The van der Waals surface area contributed by atoms with Crippen molar-refractivity contribution in [1.82, 2.24) is 19.5 Å². The summed E-state index contributed by atoms with van der Waals surface area (Å²) in [5.74, 6) is 2.69. The normalized spacial score (nSPS) is 20.9. The van der Waals surface area contributed by atoms with Crippen molar-refractivity contribution in [3.8, 4) is 0 Å². The van der Waals surface area contributed by atoms with Crippen LogP contribution in [0.5, 0.6) is 0 Å². The second kappa shape index (κ2) is 4.53. The number of benzene rings is 1. The van der Waals surface area contributed by atoms with Gasteiger partial charge in [-0.15, -0.1) is 0 Å². The Morgan fingerprint density at radius 2 is 1.95 bits per heavy atom. The van der Waals surface area contributed by atoms with Crippen LogP contribution in [0.2, 0.25) is 5.15 Å². The van der Waals surface area contributed by atoms with E-state index >= 15 is 0 Å². The van der Waals surface area contributed by atoms with E-state index in [1.165, 1.54) is 5.52 Å². The van der Waals surface area contributed by atoms with Crippen LogP contribution in [-0.2, 0) is 7.05 Å². The van der Waals surface area contributed by atoms with Crippen LogP contribution < -0.4 is 0 Å². The fraction of sp³-hybridized carbons (Fsp3) is 0.312. The largest absolute Gasteiger partial charge is 0.331 e. The highest BCUT2D eigenvalue weighted by atomic mass is 35.5. The minimum absolute atomic E-state index is 0.403. The summed E-state index contributed by atoms with van der Waals surface area (Å²) in [7, 11) is 2.08. The Bertz CT molecular complexity index is 819. The van der Waals surface area contributed by atoms with Crippen molar-refractivity contribution < 1.29 is 0 Å². The molecule has 2 aromatic heterocycles. The Labute approximate surface area is 127 Å². The first kappa shape index (κ1) is 12.8. The maximum Gasteiger partial charge on any atom is 0.133 e. The van der Waals surface area contributed by atoms with Crippen LogP contribution in [0.25, 0.3) is 11.0 Å². The van der Waals surface area contributed by atoms with Gasteiger partial charge in [-0.3, -0.25) is 0 Å². The smallest absolute Gasteiger partial charge is 0.133 e. The van der Waals surface area contributed by atoms with Crippen LogP contribution in [0, 0.1) is 6.92 Å². The molecule has 3 aromatic rings. The van der Waals surface area contributed by atoms with Gasteiger partial charge in [0.2, 0.25) is 0 Å². The number of nitrogens with zero attached hydrogens (tertiary/aromatic N) is 4. The monoisotopic (exact) mass is 298 g/mol. The number of rotatable bonds is 2. The van der Waals surface area contributed by atoms with Gasteiger partial charge in [0.15, 0.2) is 0 Å². The fourth-order valence-electron chi connectivity index (χ4n) is 3.05. The van der Waals surface area contributed by atoms with Gasteiger partial charge in [-0.2, -0.15) is 0 Å². The summed E-state index contributed by atoms with van der Waals surface area (Å²) in [6, 6.07) is 10.1. The van der Waals surface area contributed by atoms with Crippen molar-refractivity contribution in [2.24, 2.45) is 7.05 Å². The number of halogens is 1. The highest BCUT2D eigenvalue weighted by Crippen LogP contribution is 2.54. The average molecular weight is 299 g/mol. The zero-order valence-corrected chi connectivity index (χ0v) is 12.7. The van der Waals surface area contributed by atoms with E-state index in [0.29, 0.717) is 17.0 Å². The van der Waals surface area contributed by atoms with Gasteiger partial charge in [0, 0.05) is 24.6 Å². The summed E-state index contributed by atoms with van der Waals surface area (Å²) >= 11 is 6.04. The maximum absolute atomic E-state index is 6.04. The third-order valence-corrected chi connectivity index (χ3v) is 4.34. The first-order valence-corrected chi connectivity index (χ1v) is 7.43. The van der Waals surface area contributed by atoms with Crippen LogP contribution in [0.15, 0.2) is 30.3 Å². The molecule has 0 saturated heterocycles. The third-order valence-electron chi connectivity index (χ3n) is 4.15. The summed E-state index contributed by atoms with van der Waals surface area (Å²) in [5.41, 5.74) is 3.26. The molecule has 0 radical (unpaired) electrons. The van der Waals surface area contributed by atoms with Crippen LogP contribution >= 0.6 is 11.6 Å². The Kier molecular flexibility index (Phi) is 2.76. The van der Waals surface area contributed by atoms with Gasteiger partial charge >= 0.3 is 0 Å². The van der Waals surface area contributed by atoms with Gasteiger partial charge in [-0.05, 0) is 31.5 Å². The number of fused-ring (bicyclic) bond motifs is 1. The van der Waals surface area contributed by atoms with Gasteiger partial charge in [0.25, 0.3) is 0 Å². The van der Waals surface area contributed by atoms with E-state index in [9.17, 15) is 0 Å². The predicted octanol–water partition coefficient (Wildman–Crippen LogP) is 3.60. The molecule has 0 amide bonds. The average Bonchev–Trinajstić information content (AvgIpc) is 3.17. The number of aromatic nitrogens is 4. The van der Waals surface area contributed by atoms with E-state index in [1.807, 2.05) is 25.1 Å². The van der Waals surface area contributed by atoms with Crippen molar-refractivity contribution in [3.05, 3.63) is 52.8 Å². The van der Waals surface area contributed by atoms with Crippen LogP contribution in [0.4, 0.5) is 0 Å². The van der Waals surface area contributed by atoms with Gasteiger partial charge in [-0.1, -0.05) is 23.7 Å². The van der Waals surface area contributed by atoms with Gasteiger partial charge in [0.1, 0.15) is 16.8 Å². The molecule has 0 aliphatic heterocycles. The molecular formula is C16H15ClN4. The molecule has 0 bridgehead atoms. The number of para-hydroxylation sites is 2. The van der Waals surface area contributed by atoms with Crippen LogP contribution in [-0.4, -0.2) is 19.5 Å². The molecule has 1 fully saturated rings. The molecule has 1 saturated carbocycles. The third kappa shape index (κ3) is 2.10. The first-order chi connectivity index (χ1) is 10.1. The first-order valence-electron chi connectivity index (χ1n) is 7.06. The standard InChI is InChI=1S/C16H15ClN4/c1-9-18-13(8-15(17)19-9)10-7-11(10)16-20-12-5-3-4-6-14(12)21(16)2/h3-6,8,10-11H,7H2,1-2H3/t10-,11-/m1/s1. The zero-order chi connectivity index (χ0) is 14.6. The van der Waals surface area contributed by atoms with E-state index < -0.39 is 0 Å². The lowest BCUT2D eigenvalue weighted by atomic mass is 10.2. The van der Waals surface area contributed by atoms with Crippen LogP contribution in [0.3, 0.4) is 0 Å². The predicted molar refractivity (Wildman–Crippen MR) is 82.6 cm³/mol. The van der Waals surface area contributed by atoms with Crippen molar-refractivity contribution in [2.45, 2.75) is 25.2 Å². The van der Waals surface area contributed by atoms with E-state index in [-0.39, 0.29) is 0 Å². The van der Waals surface area contributed by atoms with Crippen LogP contribution in [0.1, 0.15) is 35.6 Å². The number of aryl methyl sites for hydroxylation is 2. The summed E-state index contributed by atoms with van der Waals surface area (Å²) < 4.78 is 2.19. The highest BCUT2D eigenvalue weighted by molar-refractivity contribution is 6.29. The lowest BCUT2D eigenvalue weighted by molar-refractivity contribution is 0.795. The zero-order valence-electron chi connectivity index (χ0n) is 11.9. The molecular weight excluding hydrogens is 284 g/mol. The Morgan fingerprint density at radius 1 is 1.14 bits per heavy atom. The molecule has 1 aliphatic carbocycles. The SMILES string of the molecule is Cc1nc(Cl)cc([C@@H]2C[C@H]2c2nc3ccccc3n2C)n1. The number of imidazole rings is 1. The number of hydrogen-bond acceptors (Lipinski definition) is 3. The van der Waals surface area contributed by atoms with E-state index in [4.69, 9.17) is 16.6 Å². The quantitative estimate of drug-likeness (QED) is 0.679. The summed E-state index contributed by atoms with van der Waals surface area (Å²) in [6.45, 7) is 1.88. The molecule has 21 heavy (non-hydrogen) atoms. The Hall–Kier alpha value is -1.94. The lowest BCUT2D eigenvalue weighted by Crippen LogP contribution is -1.99. The second-order valence-electron chi connectivity index (χ2n) is 5.63. The summed E-state index contributed by atoms with van der Waals surface area (Å²) in [6.07, 6.45) is 1.07. The molecule has 2 atom stereocenters. The van der Waals surface area contributed by atoms with Gasteiger partial charge in [-0.25, -0.2) is 15.0 Å². The molecule has 1 aliphatic rings. The van der Waals surface area contributed by atoms with E-state index in [1.54, 1.807) is 0 Å². The molecule has 4 rings (SSSR count).